The third kappa shape index (κ3) is 5.17. The molecule has 1 atom stereocenters. The number of benzene rings is 2. The van der Waals surface area contributed by atoms with Crippen LogP contribution in [0.3, 0.4) is 0 Å². The third-order valence-corrected chi connectivity index (χ3v) is 5.81. The van der Waals surface area contributed by atoms with Crippen LogP contribution in [-0.2, 0) is 14.8 Å². The van der Waals surface area contributed by atoms with Gasteiger partial charge in [-0.2, -0.15) is 0 Å². The molecule has 1 unspecified atom stereocenters. The molecule has 0 saturated heterocycles. The average Bonchev–Trinajstić information content (AvgIpc) is 2.68. The van der Waals surface area contributed by atoms with Gasteiger partial charge in [0.1, 0.15) is 0 Å². The monoisotopic (exact) mass is 403 g/mol. The molecule has 0 aliphatic rings. The van der Waals surface area contributed by atoms with Crippen molar-refractivity contribution in [1.29, 1.82) is 0 Å². The van der Waals surface area contributed by atoms with E-state index in [1.54, 1.807) is 32.0 Å². The van der Waals surface area contributed by atoms with Gasteiger partial charge in [-0.1, -0.05) is 25.1 Å². The molecule has 8 heteroatoms. The molecule has 2 rings (SSSR count). The summed E-state index contributed by atoms with van der Waals surface area (Å²) >= 11 is 0. The quantitative estimate of drug-likeness (QED) is 0.661. The van der Waals surface area contributed by atoms with E-state index in [1.165, 1.54) is 19.2 Å². The van der Waals surface area contributed by atoms with Crippen molar-refractivity contribution < 1.29 is 18.0 Å². The van der Waals surface area contributed by atoms with Gasteiger partial charge in [-0.05, 0) is 56.3 Å². The first-order chi connectivity index (χ1) is 13.2. The molecule has 0 aliphatic heterocycles. The van der Waals surface area contributed by atoms with E-state index in [4.69, 9.17) is 0 Å². The number of anilines is 1. The Morgan fingerprint density at radius 3 is 2.29 bits per heavy atom. The van der Waals surface area contributed by atoms with E-state index < -0.39 is 10.0 Å². The minimum atomic E-state index is -3.63. The first-order valence-corrected chi connectivity index (χ1v) is 10.4. The van der Waals surface area contributed by atoms with Crippen LogP contribution in [-0.4, -0.2) is 27.3 Å². The van der Waals surface area contributed by atoms with Crippen molar-refractivity contribution in [2.24, 2.45) is 0 Å². The van der Waals surface area contributed by atoms with Gasteiger partial charge in [0, 0.05) is 17.7 Å². The highest BCUT2D eigenvalue weighted by Gasteiger charge is 2.18. The van der Waals surface area contributed by atoms with Crippen molar-refractivity contribution in [3.8, 4) is 0 Å². The van der Waals surface area contributed by atoms with Crippen molar-refractivity contribution >= 4 is 27.5 Å². The number of carbonyl (C=O) groups excluding carboxylic acids is 2. The Hall–Kier alpha value is -2.71. The molecule has 150 valence electrons. The second kappa shape index (κ2) is 8.99. The normalized spacial score (nSPS) is 12.3. The predicted octanol–water partition coefficient (Wildman–Crippen LogP) is 2.74. The molecule has 28 heavy (non-hydrogen) atoms. The Kier molecular flexibility index (Phi) is 6.93. The number of amides is 2. The van der Waals surface area contributed by atoms with E-state index in [2.05, 4.69) is 15.4 Å². The van der Waals surface area contributed by atoms with Crippen LogP contribution >= 0.6 is 0 Å². The fraction of sp³-hybridized carbons (Fsp3) is 0.300. The van der Waals surface area contributed by atoms with Gasteiger partial charge < -0.3 is 10.6 Å². The van der Waals surface area contributed by atoms with Crippen molar-refractivity contribution in [2.75, 3.05) is 12.4 Å². The van der Waals surface area contributed by atoms with E-state index in [-0.39, 0.29) is 22.8 Å². The largest absolute Gasteiger partial charge is 0.346 e. The summed E-state index contributed by atoms with van der Waals surface area (Å²) in [6.45, 7) is 5.36. The molecule has 0 aliphatic carbocycles. The molecule has 7 nitrogen and oxygen atoms in total. The Labute approximate surface area is 165 Å². The molecule has 0 saturated carbocycles. The van der Waals surface area contributed by atoms with Crippen LogP contribution in [0.4, 0.5) is 5.69 Å². The number of aryl methyl sites for hydroxylation is 1. The molecule has 0 aromatic heterocycles. The Morgan fingerprint density at radius 1 is 1.07 bits per heavy atom. The highest BCUT2D eigenvalue weighted by Crippen LogP contribution is 2.19. The van der Waals surface area contributed by atoms with E-state index >= 15 is 0 Å². The number of carbonyl (C=O) groups is 2. The standard InChI is InChI=1S/C20H25N3O4S/c1-5-19(24)23-16-9-7-15(8-10-16)14(3)22-20(25)18-12-17(11-6-13(18)2)28(26,27)21-4/h6-12,14,21H,5H2,1-4H3,(H,22,25)(H,23,24). The van der Waals surface area contributed by atoms with Crippen LogP contribution in [0.2, 0.25) is 0 Å². The van der Waals surface area contributed by atoms with Gasteiger partial charge in [0.2, 0.25) is 15.9 Å². The molecule has 0 radical (unpaired) electrons. The summed E-state index contributed by atoms with van der Waals surface area (Å²) in [4.78, 5) is 24.2. The number of hydrogen-bond acceptors (Lipinski definition) is 4. The summed E-state index contributed by atoms with van der Waals surface area (Å²) in [5.41, 5.74) is 2.53. The van der Waals surface area contributed by atoms with Gasteiger partial charge in [-0.3, -0.25) is 9.59 Å². The lowest BCUT2D eigenvalue weighted by Crippen LogP contribution is -2.28. The van der Waals surface area contributed by atoms with E-state index in [9.17, 15) is 18.0 Å². The highest BCUT2D eigenvalue weighted by molar-refractivity contribution is 7.89. The van der Waals surface area contributed by atoms with Crippen LogP contribution in [0.1, 0.15) is 47.8 Å². The minimum absolute atomic E-state index is 0.0365. The number of nitrogens with one attached hydrogen (secondary N) is 3. The predicted molar refractivity (Wildman–Crippen MR) is 109 cm³/mol. The summed E-state index contributed by atoms with van der Waals surface area (Å²) in [5, 5.41) is 5.65. The van der Waals surface area contributed by atoms with E-state index in [0.29, 0.717) is 23.2 Å². The van der Waals surface area contributed by atoms with Crippen LogP contribution < -0.4 is 15.4 Å². The summed E-state index contributed by atoms with van der Waals surface area (Å²) in [6, 6.07) is 11.3. The molecule has 3 N–H and O–H groups in total. The molecular formula is C20H25N3O4S. The lowest BCUT2D eigenvalue weighted by molar-refractivity contribution is -0.115. The molecule has 0 fully saturated rings. The summed E-state index contributed by atoms with van der Waals surface area (Å²) in [5.74, 6) is -0.428. The molecule has 0 bridgehead atoms. The number of hydrogen-bond donors (Lipinski definition) is 3. The molecule has 2 aromatic carbocycles. The Bertz CT molecular complexity index is 969. The van der Waals surface area contributed by atoms with Gasteiger partial charge >= 0.3 is 0 Å². The first-order valence-electron chi connectivity index (χ1n) is 8.92. The second-order valence-electron chi connectivity index (χ2n) is 6.40. The zero-order valence-corrected chi connectivity index (χ0v) is 17.2. The lowest BCUT2D eigenvalue weighted by Gasteiger charge is -2.16. The summed E-state index contributed by atoms with van der Waals surface area (Å²) in [7, 11) is -2.31. The molecule has 2 amide bonds. The van der Waals surface area contributed by atoms with Gasteiger partial charge in [-0.25, -0.2) is 13.1 Å². The van der Waals surface area contributed by atoms with Crippen LogP contribution in [0.15, 0.2) is 47.4 Å². The van der Waals surface area contributed by atoms with Crippen molar-refractivity contribution in [1.82, 2.24) is 10.0 Å². The highest BCUT2D eigenvalue weighted by atomic mass is 32.2. The molecule has 0 spiro atoms. The maximum Gasteiger partial charge on any atom is 0.252 e. The summed E-state index contributed by atoms with van der Waals surface area (Å²) in [6.07, 6.45) is 0.399. The molecular weight excluding hydrogens is 378 g/mol. The fourth-order valence-corrected chi connectivity index (χ4v) is 3.35. The van der Waals surface area contributed by atoms with E-state index in [1.807, 2.05) is 19.1 Å². The Balaban J connectivity index is 2.16. The van der Waals surface area contributed by atoms with E-state index in [0.717, 1.165) is 5.56 Å². The van der Waals surface area contributed by atoms with Crippen LogP contribution in [0, 0.1) is 6.92 Å². The molecule has 2 aromatic rings. The Morgan fingerprint density at radius 2 is 1.71 bits per heavy atom. The zero-order valence-electron chi connectivity index (χ0n) is 16.4. The summed E-state index contributed by atoms with van der Waals surface area (Å²) < 4.78 is 26.2. The maximum atomic E-state index is 12.7. The SMILES string of the molecule is CCC(=O)Nc1ccc(C(C)NC(=O)c2cc(S(=O)(=O)NC)ccc2C)cc1. The van der Waals surface area contributed by atoms with Gasteiger partial charge in [0.05, 0.1) is 10.9 Å². The van der Waals surface area contributed by atoms with Crippen molar-refractivity contribution in [2.45, 2.75) is 38.1 Å². The molecule has 0 heterocycles. The third-order valence-electron chi connectivity index (χ3n) is 4.40. The maximum absolute atomic E-state index is 12.7. The number of rotatable bonds is 7. The average molecular weight is 404 g/mol. The zero-order chi connectivity index (χ0) is 20.9. The number of sulfonamides is 1. The van der Waals surface area contributed by atoms with Crippen molar-refractivity contribution in [3.05, 3.63) is 59.2 Å². The van der Waals surface area contributed by atoms with Gasteiger partial charge in [0.15, 0.2) is 0 Å². The lowest BCUT2D eigenvalue weighted by atomic mass is 10.1. The fourth-order valence-electron chi connectivity index (χ4n) is 2.59. The smallest absolute Gasteiger partial charge is 0.252 e. The van der Waals surface area contributed by atoms with Crippen LogP contribution in [0.25, 0.3) is 0 Å². The van der Waals surface area contributed by atoms with Gasteiger partial charge in [0.25, 0.3) is 5.91 Å². The van der Waals surface area contributed by atoms with Gasteiger partial charge in [-0.15, -0.1) is 0 Å². The second-order valence-corrected chi connectivity index (χ2v) is 8.29. The first kappa shape index (κ1) is 21.6. The van der Waals surface area contributed by atoms with Crippen LogP contribution in [0.5, 0.6) is 0 Å². The van der Waals surface area contributed by atoms with Crippen molar-refractivity contribution in [3.63, 3.8) is 0 Å². The minimum Gasteiger partial charge on any atom is -0.346 e. The topological polar surface area (TPSA) is 104 Å².